The van der Waals surface area contributed by atoms with Gasteiger partial charge in [0.25, 0.3) is 0 Å². The first kappa shape index (κ1) is 13.8. The van der Waals surface area contributed by atoms with Crippen LogP contribution in [0.5, 0.6) is 0 Å². The number of rotatable bonds is 3. The minimum Gasteiger partial charge on any atom is -0.392 e. The maximum absolute atomic E-state index is 12.1. The van der Waals surface area contributed by atoms with E-state index in [9.17, 15) is 9.90 Å². The van der Waals surface area contributed by atoms with Crippen molar-refractivity contribution in [2.24, 2.45) is 0 Å². The van der Waals surface area contributed by atoms with Crippen LogP contribution in [0.15, 0.2) is 30.3 Å². The highest BCUT2D eigenvalue weighted by Crippen LogP contribution is 2.13. The standard InChI is InChI=1S/C13H17N3O2S/c1-10(17)9-15-7-8-16(13(15)19)12(18)14-11-5-3-2-4-6-11/h2-6,10,17H,7-9H2,1H3,(H,14,18). The number of thiocarbonyl (C=S) groups is 1. The quantitative estimate of drug-likeness (QED) is 0.823. The molecule has 0 bridgehead atoms. The van der Waals surface area contributed by atoms with Crippen LogP contribution in [0.2, 0.25) is 0 Å². The minimum atomic E-state index is -0.463. The summed E-state index contributed by atoms with van der Waals surface area (Å²) in [5.41, 5.74) is 0.740. The molecule has 2 rings (SSSR count). The summed E-state index contributed by atoms with van der Waals surface area (Å²) in [6.45, 7) is 3.36. The van der Waals surface area contributed by atoms with Gasteiger partial charge in [-0.25, -0.2) is 4.79 Å². The summed E-state index contributed by atoms with van der Waals surface area (Å²) in [6.07, 6.45) is -0.463. The number of hydrogen-bond acceptors (Lipinski definition) is 3. The monoisotopic (exact) mass is 279 g/mol. The van der Waals surface area contributed by atoms with Crippen molar-refractivity contribution >= 4 is 29.0 Å². The van der Waals surface area contributed by atoms with E-state index in [2.05, 4.69) is 5.32 Å². The van der Waals surface area contributed by atoms with Crippen molar-refractivity contribution < 1.29 is 9.90 Å². The van der Waals surface area contributed by atoms with Crippen LogP contribution in [-0.4, -0.2) is 51.8 Å². The zero-order valence-electron chi connectivity index (χ0n) is 10.7. The molecular weight excluding hydrogens is 262 g/mol. The topological polar surface area (TPSA) is 55.8 Å². The summed E-state index contributed by atoms with van der Waals surface area (Å²) in [5.74, 6) is 0. The van der Waals surface area contributed by atoms with Crippen molar-refractivity contribution in [1.29, 1.82) is 0 Å². The number of aliphatic hydroxyl groups is 1. The molecule has 0 spiro atoms. The maximum Gasteiger partial charge on any atom is 0.328 e. The third-order valence-corrected chi connectivity index (χ3v) is 3.33. The van der Waals surface area contributed by atoms with E-state index in [0.29, 0.717) is 24.7 Å². The van der Waals surface area contributed by atoms with Gasteiger partial charge in [0, 0.05) is 25.3 Å². The van der Waals surface area contributed by atoms with Gasteiger partial charge in [0.05, 0.1) is 6.10 Å². The number of urea groups is 1. The Morgan fingerprint density at radius 2 is 2.11 bits per heavy atom. The molecule has 1 aliphatic heterocycles. The molecule has 0 aromatic heterocycles. The van der Waals surface area contributed by atoms with Gasteiger partial charge in [0.15, 0.2) is 5.11 Å². The fourth-order valence-corrected chi connectivity index (χ4v) is 2.31. The predicted molar refractivity (Wildman–Crippen MR) is 78.0 cm³/mol. The first-order valence-corrected chi connectivity index (χ1v) is 6.59. The Balaban J connectivity index is 1.96. The fourth-order valence-electron chi connectivity index (χ4n) is 1.97. The number of carbonyl (C=O) groups is 1. The third-order valence-electron chi connectivity index (χ3n) is 2.85. The Labute approximate surface area is 117 Å². The van der Waals surface area contributed by atoms with E-state index >= 15 is 0 Å². The Morgan fingerprint density at radius 1 is 1.42 bits per heavy atom. The van der Waals surface area contributed by atoms with Gasteiger partial charge in [-0.3, -0.25) is 4.90 Å². The van der Waals surface area contributed by atoms with E-state index in [4.69, 9.17) is 12.2 Å². The van der Waals surface area contributed by atoms with E-state index in [-0.39, 0.29) is 6.03 Å². The summed E-state index contributed by atoms with van der Waals surface area (Å²) in [6, 6.07) is 9.02. The normalized spacial score (nSPS) is 16.6. The van der Waals surface area contributed by atoms with Gasteiger partial charge in [0.1, 0.15) is 0 Å². The van der Waals surface area contributed by atoms with Crippen LogP contribution in [0.3, 0.4) is 0 Å². The van der Waals surface area contributed by atoms with E-state index in [1.54, 1.807) is 6.92 Å². The highest BCUT2D eigenvalue weighted by Gasteiger charge is 2.30. The first-order valence-electron chi connectivity index (χ1n) is 6.18. The smallest absolute Gasteiger partial charge is 0.328 e. The molecule has 0 radical (unpaired) electrons. The molecule has 6 heteroatoms. The number of anilines is 1. The molecule has 1 atom stereocenters. The molecule has 1 heterocycles. The number of nitrogens with one attached hydrogen (secondary N) is 1. The van der Waals surface area contributed by atoms with Crippen LogP contribution < -0.4 is 5.32 Å². The molecule has 1 aromatic carbocycles. The molecular formula is C13H17N3O2S. The van der Waals surface area contributed by atoms with Gasteiger partial charge >= 0.3 is 6.03 Å². The number of nitrogens with zero attached hydrogens (tertiary/aromatic N) is 2. The molecule has 1 aliphatic rings. The summed E-state index contributed by atoms with van der Waals surface area (Å²) in [5, 5.41) is 12.6. The van der Waals surface area contributed by atoms with Crippen molar-refractivity contribution in [2.45, 2.75) is 13.0 Å². The molecule has 1 fully saturated rings. The lowest BCUT2D eigenvalue weighted by molar-refractivity contribution is 0.164. The molecule has 5 nitrogen and oxygen atoms in total. The number of benzene rings is 1. The molecule has 1 aromatic rings. The minimum absolute atomic E-state index is 0.232. The van der Waals surface area contributed by atoms with E-state index < -0.39 is 6.10 Å². The number of para-hydroxylation sites is 1. The van der Waals surface area contributed by atoms with Crippen molar-refractivity contribution in [1.82, 2.24) is 9.80 Å². The second-order valence-corrected chi connectivity index (χ2v) is 4.89. The van der Waals surface area contributed by atoms with Crippen LogP contribution in [0.1, 0.15) is 6.92 Å². The van der Waals surface area contributed by atoms with Gasteiger partial charge < -0.3 is 15.3 Å². The molecule has 2 N–H and O–H groups in total. The fraction of sp³-hybridized carbons (Fsp3) is 0.385. The average molecular weight is 279 g/mol. The van der Waals surface area contributed by atoms with Gasteiger partial charge in [-0.15, -0.1) is 0 Å². The zero-order chi connectivity index (χ0) is 13.8. The summed E-state index contributed by atoms with van der Waals surface area (Å²) in [4.78, 5) is 15.5. The van der Waals surface area contributed by atoms with Gasteiger partial charge in [0.2, 0.25) is 0 Å². The number of carbonyl (C=O) groups excluding carboxylic acids is 1. The second-order valence-electron chi connectivity index (χ2n) is 4.53. The largest absolute Gasteiger partial charge is 0.392 e. The molecule has 102 valence electrons. The summed E-state index contributed by atoms with van der Waals surface area (Å²) < 4.78 is 0. The Hall–Kier alpha value is -1.66. The predicted octanol–water partition coefficient (Wildman–Crippen LogP) is 1.50. The lowest BCUT2D eigenvalue weighted by Gasteiger charge is -2.21. The molecule has 0 saturated carbocycles. The third kappa shape index (κ3) is 3.42. The lowest BCUT2D eigenvalue weighted by atomic mass is 10.3. The average Bonchev–Trinajstić information content (AvgIpc) is 2.72. The first-order chi connectivity index (χ1) is 9.08. The molecule has 1 unspecified atom stereocenters. The number of aliphatic hydroxyl groups excluding tert-OH is 1. The maximum atomic E-state index is 12.1. The van der Waals surface area contributed by atoms with Crippen LogP contribution in [-0.2, 0) is 0 Å². The van der Waals surface area contributed by atoms with Gasteiger partial charge in [-0.05, 0) is 31.3 Å². The molecule has 19 heavy (non-hydrogen) atoms. The van der Waals surface area contributed by atoms with E-state index in [0.717, 1.165) is 5.69 Å². The van der Waals surface area contributed by atoms with E-state index in [1.807, 2.05) is 35.2 Å². The van der Waals surface area contributed by atoms with Crippen molar-refractivity contribution in [2.75, 3.05) is 25.0 Å². The number of amides is 2. The SMILES string of the molecule is CC(O)CN1CCN(C(=O)Nc2ccccc2)C1=S. The highest BCUT2D eigenvalue weighted by molar-refractivity contribution is 7.80. The lowest BCUT2D eigenvalue weighted by Crippen LogP contribution is -2.40. The van der Waals surface area contributed by atoms with Crippen LogP contribution >= 0.6 is 12.2 Å². The van der Waals surface area contributed by atoms with Crippen LogP contribution in [0, 0.1) is 0 Å². The highest BCUT2D eigenvalue weighted by atomic mass is 32.1. The van der Waals surface area contributed by atoms with Crippen molar-refractivity contribution in [3.63, 3.8) is 0 Å². The zero-order valence-corrected chi connectivity index (χ0v) is 11.6. The Kier molecular flexibility index (Phi) is 4.34. The summed E-state index contributed by atoms with van der Waals surface area (Å²) >= 11 is 5.25. The van der Waals surface area contributed by atoms with Crippen molar-refractivity contribution in [3.8, 4) is 0 Å². The second kappa shape index (κ2) is 5.99. The Morgan fingerprint density at radius 3 is 2.74 bits per heavy atom. The summed E-state index contributed by atoms with van der Waals surface area (Å²) in [7, 11) is 0. The molecule has 0 aliphatic carbocycles. The van der Waals surface area contributed by atoms with Gasteiger partial charge in [-0.1, -0.05) is 18.2 Å². The number of β-amino-alcohol motifs (C(OH)–C–C–N with tert-alkyl or cyclic N) is 1. The van der Waals surface area contributed by atoms with Crippen LogP contribution in [0.25, 0.3) is 0 Å². The van der Waals surface area contributed by atoms with Crippen LogP contribution in [0.4, 0.5) is 10.5 Å². The Bertz CT molecular complexity index is 464. The number of hydrogen-bond donors (Lipinski definition) is 2. The molecule has 1 saturated heterocycles. The molecule has 2 amide bonds. The van der Waals surface area contributed by atoms with E-state index in [1.165, 1.54) is 4.90 Å². The van der Waals surface area contributed by atoms with Crippen molar-refractivity contribution in [3.05, 3.63) is 30.3 Å². The van der Waals surface area contributed by atoms with Gasteiger partial charge in [-0.2, -0.15) is 0 Å².